The van der Waals surface area contributed by atoms with Crippen molar-refractivity contribution in [2.75, 3.05) is 12.3 Å². The zero-order valence-electron chi connectivity index (χ0n) is 17.0. The molecule has 180 valence electrons. The number of nitrogens with zero attached hydrogens (tertiary/aromatic N) is 1. The number of aromatic hydroxyl groups is 1. The van der Waals surface area contributed by atoms with Crippen LogP contribution in [0.2, 0.25) is 0 Å². The summed E-state index contributed by atoms with van der Waals surface area (Å²) in [5.41, 5.74) is -2.75. The van der Waals surface area contributed by atoms with Crippen LogP contribution in [0.4, 0.5) is 13.2 Å². The number of aromatic nitrogens is 1. The highest BCUT2D eigenvalue weighted by Crippen LogP contribution is 2.57. The summed E-state index contributed by atoms with van der Waals surface area (Å²) in [7, 11) is -3.54. The van der Waals surface area contributed by atoms with E-state index >= 15 is 0 Å². The second-order valence-corrected chi connectivity index (χ2v) is 9.70. The van der Waals surface area contributed by atoms with Crippen molar-refractivity contribution in [3.05, 3.63) is 69.5 Å². The molecule has 13 heteroatoms. The monoisotopic (exact) mass is 498 g/mol. The minimum absolute atomic E-state index is 0.0712. The first-order chi connectivity index (χ1) is 15.8. The topological polar surface area (TPSA) is 149 Å². The van der Waals surface area contributed by atoms with Gasteiger partial charge in [0.05, 0.1) is 27.8 Å². The maximum absolute atomic E-state index is 13.4. The first-order valence-corrected chi connectivity index (χ1v) is 11.4. The Hall–Kier alpha value is -3.55. The molecule has 9 nitrogen and oxygen atoms in total. The third-order valence-electron chi connectivity index (χ3n) is 5.47. The molecule has 2 heterocycles. The maximum Gasteiger partial charge on any atom is 0.416 e. The predicted octanol–water partition coefficient (Wildman–Crippen LogP) is 3.25. The van der Waals surface area contributed by atoms with Crippen molar-refractivity contribution in [1.82, 2.24) is 9.88 Å². The molecular formula is C21H17F3N2O7S. The number of halogens is 3. The van der Waals surface area contributed by atoms with Gasteiger partial charge in [0.2, 0.25) is 0 Å². The molecule has 0 radical (unpaired) electrons. The van der Waals surface area contributed by atoms with E-state index in [0.29, 0.717) is 0 Å². The Morgan fingerprint density at radius 1 is 1.12 bits per heavy atom. The van der Waals surface area contributed by atoms with Crippen molar-refractivity contribution in [1.29, 1.82) is 0 Å². The van der Waals surface area contributed by atoms with Crippen molar-refractivity contribution < 1.29 is 42.1 Å². The number of benzene rings is 2. The fourth-order valence-electron chi connectivity index (χ4n) is 3.95. The van der Waals surface area contributed by atoms with Crippen LogP contribution < -0.4 is 10.9 Å². The molecule has 1 atom stereocenters. The molecule has 0 fully saturated rings. The number of carbonyl (C=O) groups excluding carboxylic acids is 1. The van der Waals surface area contributed by atoms with Crippen molar-refractivity contribution in [2.24, 2.45) is 0 Å². The summed E-state index contributed by atoms with van der Waals surface area (Å²) in [6, 6.07) is 6.58. The normalized spacial score (nSPS) is 17.9. The number of amides is 1. The first kappa shape index (κ1) is 23.6. The molecule has 5 N–H and O–H groups in total. The average molecular weight is 498 g/mol. The number of aliphatic carboxylic acids is 1. The Bertz CT molecular complexity index is 1380. The molecule has 0 saturated heterocycles. The number of carboxylic acid groups (broad SMARTS) is 1. The van der Waals surface area contributed by atoms with Crippen LogP contribution in [0.3, 0.4) is 0 Å². The quantitative estimate of drug-likeness (QED) is 0.371. The van der Waals surface area contributed by atoms with Gasteiger partial charge in [-0.25, -0.2) is 0 Å². The molecule has 0 saturated carbocycles. The van der Waals surface area contributed by atoms with Crippen LogP contribution >= 0.6 is 10.6 Å². The number of nitrogens with one attached hydrogen (secondary N) is 1. The molecule has 0 bridgehead atoms. The van der Waals surface area contributed by atoms with Crippen LogP contribution in [-0.4, -0.2) is 48.1 Å². The lowest BCUT2D eigenvalue weighted by Crippen LogP contribution is -2.39. The zero-order chi connectivity index (χ0) is 25.0. The summed E-state index contributed by atoms with van der Waals surface area (Å²) in [6.07, 6.45) is -4.61. The van der Waals surface area contributed by atoms with Gasteiger partial charge < -0.3 is 15.5 Å². The van der Waals surface area contributed by atoms with E-state index in [1.165, 1.54) is 18.2 Å². The number of rotatable bonds is 4. The summed E-state index contributed by atoms with van der Waals surface area (Å²) in [6.45, 7) is -0.835. The lowest BCUT2D eigenvalue weighted by atomic mass is 10.0. The van der Waals surface area contributed by atoms with Gasteiger partial charge in [-0.15, -0.1) is 0 Å². The van der Waals surface area contributed by atoms with Gasteiger partial charge >= 0.3 is 12.1 Å². The van der Waals surface area contributed by atoms with Crippen LogP contribution in [-0.2, 0) is 11.0 Å². The Labute approximate surface area is 190 Å². The minimum Gasteiger partial charge on any atom is -0.506 e. The third kappa shape index (κ3) is 3.87. The smallest absolute Gasteiger partial charge is 0.416 e. The molecule has 3 aromatic rings. The van der Waals surface area contributed by atoms with Crippen molar-refractivity contribution >= 4 is 33.4 Å². The van der Waals surface area contributed by atoms with Gasteiger partial charge in [0.15, 0.2) is 0 Å². The lowest BCUT2D eigenvalue weighted by molar-refractivity contribution is -0.138. The lowest BCUT2D eigenvalue weighted by Gasteiger charge is -2.42. The van der Waals surface area contributed by atoms with E-state index in [9.17, 15) is 41.8 Å². The second-order valence-electron chi connectivity index (χ2n) is 7.60. The number of carboxylic acids is 1. The molecule has 2 aromatic carbocycles. The van der Waals surface area contributed by atoms with Gasteiger partial charge in [0.25, 0.3) is 11.5 Å². The largest absolute Gasteiger partial charge is 0.506 e. The van der Waals surface area contributed by atoms with E-state index in [2.05, 4.69) is 0 Å². The van der Waals surface area contributed by atoms with E-state index in [-0.39, 0.29) is 21.4 Å². The van der Waals surface area contributed by atoms with Gasteiger partial charge in [-0.1, -0.05) is 18.2 Å². The van der Waals surface area contributed by atoms with Crippen molar-refractivity contribution in [3.63, 3.8) is 0 Å². The van der Waals surface area contributed by atoms with Crippen LogP contribution in [0.5, 0.6) is 5.75 Å². The molecule has 1 unspecified atom stereocenters. The zero-order valence-corrected chi connectivity index (χ0v) is 17.9. The van der Waals surface area contributed by atoms with Crippen LogP contribution in [0.1, 0.15) is 27.5 Å². The number of hydrogen-bond acceptors (Lipinski definition) is 6. The summed E-state index contributed by atoms with van der Waals surface area (Å²) in [5.74, 6) is -3.83. The molecule has 4 rings (SSSR count). The summed E-state index contributed by atoms with van der Waals surface area (Å²) >= 11 is 0. The van der Waals surface area contributed by atoms with Crippen LogP contribution in [0.25, 0.3) is 10.9 Å². The highest BCUT2D eigenvalue weighted by atomic mass is 32.3. The third-order valence-corrected chi connectivity index (χ3v) is 7.28. The molecule has 0 aliphatic carbocycles. The highest BCUT2D eigenvalue weighted by Gasteiger charge is 2.37. The van der Waals surface area contributed by atoms with E-state index in [4.69, 9.17) is 5.11 Å². The Morgan fingerprint density at radius 3 is 2.35 bits per heavy atom. The molecular weight excluding hydrogens is 481 g/mol. The maximum atomic E-state index is 13.4. The van der Waals surface area contributed by atoms with E-state index in [1.807, 2.05) is 5.32 Å². The molecule has 1 amide bonds. The fraction of sp³-hybridized carbons (Fsp3) is 0.190. The average Bonchev–Trinajstić information content (AvgIpc) is 2.76. The molecule has 1 aliphatic heterocycles. The predicted molar refractivity (Wildman–Crippen MR) is 115 cm³/mol. The summed E-state index contributed by atoms with van der Waals surface area (Å²) in [4.78, 5) is 36.7. The number of para-hydroxylation sites is 1. The van der Waals surface area contributed by atoms with Crippen molar-refractivity contribution in [3.8, 4) is 5.75 Å². The van der Waals surface area contributed by atoms with Crippen LogP contribution in [0, 0.1) is 0 Å². The Morgan fingerprint density at radius 2 is 1.76 bits per heavy atom. The first-order valence-electron chi connectivity index (χ1n) is 9.66. The standard InChI is InChI=1S/C21H17F3N2O7S/c22-21(23,24)11-6-4-10(5-7-11)13-9-34(32,33)14-3-1-2-12-17(14)26(13)20(31)16(18(12)29)19(30)25-8-15(27)28/h1-7,13,29,32-33H,8-9H2,(H,25,30)(H,27,28). The van der Waals surface area contributed by atoms with E-state index in [1.54, 1.807) is 0 Å². The van der Waals surface area contributed by atoms with Gasteiger partial charge in [0.1, 0.15) is 17.9 Å². The number of hydrogen-bond donors (Lipinski definition) is 5. The summed E-state index contributed by atoms with van der Waals surface area (Å²) < 4.78 is 61.6. The van der Waals surface area contributed by atoms with Gasteiger partial charge in [-0.2, -0.15) is 23.8 Å². The number of carbonyl (C=O) groups is 2. The molecule has 34 heavy (non-hydrogen) atoms. The second kappa shape index (κ2) is 8.04. The number of pyridine rings is 1. The highest BCUT2D eigenvalue weighted by molar-refractivity contribution is 8.24. The van der Waals surface area contributed by atoms with Gasteiger partial charge in [0, 0.05) is 5.39 Å². The SMILES string of the molecule is O=C(O)CNC(=O)c1c(O)c2cccc3c2n(c1=O)C(c1ccc(C(F)(F)F)cc1)CS3(O)O. The Kier molecular flexibility index (Phi) is 5.58. The number of alkyl halides is 3. The van der Waals surface area contributed by atoms with Gasteiger partial charge in [-0.05, 0) is 29.8 Å². The Balaban J connectivity index is 1.99. The van der Waals surface area contributed by atoms with Crippen LogP contribution in [0.15, 0.2) is 52.2 Å². The molecule has 1 aliphatic rings. The van der Waals surface area contributed by atoms with Crippen molar-refractivity contribution in [2.45, 2.75) is 17.1 Å². The van der Waals surface area contributed by atoms with Gasteiger partial charge in [-0.3, -0.25) is 28.1 Å². The van der Waals surface area contributed by atoms with E-state index in [0.717, 1.165) is 28.8 Å². The summed E-state index contributed by atoms with van der Waals surface area (Å²) in [5, 5.41) is 21.4. The minimum atomic E-state index is -4.61. The van der Waals surface area contributed by atoms with E-state index < -0.39 is 69.4 Å². The fourth-order valence-corrected chi connectivity index (χ4v) is 5.73. The molecule has 0 spiro atoms. The molecule has 1 aromatic heterocycles.